The summed E-state index contributed by atoms with van der Waals surface area (Å²) in [6, 6.07) is 15.4. The van der Waals surface area contributed by atoms with Crippen molar-refractivity contribution in [1.29, 1.82) is 0 Å². The van der Waals surface area contributed by atoms with Gasteiger partial charge in [-0.1, -0.05) is 84.2 Å². The number of hydrogen-bond acceptors (Lipinski definition) is 7. The topological polar surface area (TPSA) is 144 Å². The molecule has 0 aliphatic rings. The van der Waals surface area contributed by atoms with Gasteiger partial charge in [0.05, 0.1) is 0 Å². The molecule has 0 saturated heterocycles. The van der Waals surface area contributed by atoms with Gasteiger partial charge in [0.25, 0.3) is 0 Å². The summed E-state index contributed by atoms with van der Waals surface area (Å²) < 4.78 is 0. The molecule has 32 heavy (non-hydrogen) atoms. The average Bonchev–Trinajstić information content (AvgIpc) is 2.79. The number of primary amides is 1. The fraction of sp³-hybridized carbons (Fsp3) is 0.227. The van der Waals surface area contributed by atoms with Crippen LogP contribution in [0.2, 0.25) is 0 Å². The molecule has 2 aromatic carbocycles. The van der Waals surface area contributed by atoms with Crippen molar-refractivity contribution in [1.82, 2.24) is 5.32 Å². The van der Waals surface area contributed by atoms with E-state index in [0.29, 0.717) is 22.9 Å². The molecule has 0 bridgehead atoms. The maximum absolute atomic E-state index is 12.8. The summed E-state index contributed by atoms with van der Waals surface area (Å²) in [7, 11) is 0. The Morgan fingerprint density at radius 3 is 1.91 bits per heavy atom. The van der Waals surface area contributed by atoms with Crippen LogP contribution < -0.4 is 11.1 Å². The number of aliphatic carboxylic acids is 1. The molecule has 168 valence electrons. The van der Waals surface area contributed by atoms with E-state index in [1.807, 2.05) is 0 Å². The van der Waals surface area contributed by atoms with E-state index in [1.54, 1.807) is 60.7 Å². The van der Waals surface area contributed by atoms with Crippen molar-refractivity contribution in [2.45, 2.75) is 24.1 Å². The third-order valence-corrected chi connectivity index (χ3v) is 6.54. The Hall–Kier alpha value is -3.11. The van der Waals surface area contributed by atoms with Crippen molar-refractivity contribution in [3.8, 4) is 0 Å². The fourth-order valence-electron chi connectivity index (χ4n) is 2.55. The molecule has 2 amide bonds. The zero-order valence-corrected chi connectivity index (χ0v) is 18.6. The van der Waals surface area contributed by atoms with Crippen molar-refractivity contribution in [2.24, 2.45) is 5.73 Å². The molecule has 0 aliphatic heterocycles. The third-order valence-electron chi connectivity index (χ3n) is 4.22. The van der Waals surface area contributed by atoms with Gasteiger partial charge in [0.15, 0.2) is 0 Å². The van der Waals surface area contributed by atoms with Gasteiger partial charge in [-0.3, -0.25) is 19.2 Å². The zero-order chi connectivity index (χ0) is 23.5. The van der Waals surface area contributed by atoms with E-state index in [2.05, 4.69) is 5.32 Å². The number of amides is 2. The minimum Gasteiger partial charge on any atom is -0.480 e. The fourth-order valence-corrected chi connectivity index (χ4v) is 4.49. The Labute approximate surface area is 193 Å². The standard InChI is InChI=1S/C22H22N2O6S2/c23-18(25)12-11-16(20(27)28)24-19(26)17(32-22(30)15-9-5-2-6-10-15)13-31-21(29)14-7-3-1-4-8-14/h1-10,16-17H,11-13H2,(H2,23,25)(H,24,26)(H,27,28). The number of thioether (sulfide) groups is 2. The van der Waals surface area contributed by atoms with Crippen molar-refractivity contribution in [2.75, 3.05) is 5.75 Å². The Morgan fingerprint density at radius 2 is 1.41 bits per heavy atom. The maximum atomic E-state index is 12.8. The van der Waals surface area contributed by atoms with Gasteiger partial charge in [0, 0.05) is 23.3 Å². The summed E-state index contributed by atoms with van der Waals surface area (Å²) in [6.07, 6.45) is -0.407. The quantitative estimate of drug-likeness (QED) is 0.450. The zero-order valence-electron chi connectivity index (χ0n) is 16.9. The maximum Gasteiger partial charge on any atom is 0.326 e. The second kappa shape index (κ2) is 12.7. The monoisotopic (exact) mass is 474 g/mol. The van der Waals surface area contributed by atoms with Crippen molar-refractivity contribution < 1.29 is 29.1 Å². The Morgan fingerprint density at radius 1 is 0.875 bits per heavy atom. The van der Waals surface area contributed by atoms with Gasteiger partial charge in [-0.05, 0) is 6.42 Å². The van der Waals surface area contributed by atoms with Crippen LogP contribution in [0.5, 0.6) is 0 Å². The van der Waals surface area contributed by atoms with Gasteiger partial charge in [-0.2, -0.15) is 0 Å². The first-order chi connectivity index (χ1) is 15.3. The Balaban J connectivity index is 2.13. The smallest absolute Gasteiger partial charge is 0.326 e. The van der Waals surface area contributed by atoms with Gasteiger partial charge in [0.2, 0.25) is 22.0 Å². The molecule has 2 rings (SSSR count). The molecule has 0 aromatic heterocycles. The van der Waals surface area contributed by atoms with Crippen molar-refractivity contribution >= 4 is 51.5 Å². The minimum absolute atomic E-state index is 0.0506. The number of carbonyl (C=O) groups excluding carboxylic acids is 4. The number of carboxylic acids is 1. The Kier molecular flexibility index (Phi) is 9.96. The van der Waals surface area contributed by atoms with Crippen LogP contribution in [-0.2, 0) is 14.4 Å². The lowest BCUT2D eigenvalue weighted by molar-refractivity contribution is -0.142. The molecule has 0 fully saturated rings. The lowest BCUT2D eigenvalue weighted by atomic mass is 10.1. The summed E-state index contributed by atoms with van der Waals surface area (Å²) in [4.78, 5) is 60.3. The number of nitrogens with one attached hydrogen (secondary N) is 1. The minimum atomic E-state index is -1.35. The number of benzene rings is 2. The van der Waals surface area contributed by atoms with Gasteiger partial charge in [-0.15, -0.1) is 0 Å². The van der Waals surface area contributed by atoms with Crippen LogP contribution in [0.4, 0.5) is 0 Å². The Bertz CT molecular complexity index is 969. The molecule has 0 heterocycles. The summed E-state index contributed by atoms with van der Waals surface area (Å²) >= 11 is 1.58. The van der Waals surface area contributed by atoms with E-state index in [9.17, 15) is 29.1 Å². The van der Waals surface area contributed by atoms with E-state index in [1.165, 1.54) is 0 Å². The second-order valence-electron chi connectivity index (χ2n) is 6.63. The molecule has 2 unspecified atom stereocenters. The van der Waals surface area contributed by atoms with E-state index < -0.39 is 29.1 Å². The highest BCUT2D eigenvalue weighted by molar-refractivity contribution is 8.18. The van der Waals surface area contributed by atoms with Crippen molar-refractivity contribution in [3.05, 3.63) is 71.8 Å². The number of nitrogens with two attached hydrogens (primary N) is 1. The summed E-state index contributed by atoms with van der Waals surface area (Å²) in [5.74, 6) is -2.79. The molecule has 2 atom stereocenters. The third kappa shape index (κ3) is 8.20. The van der Waals surface area contributed by atoms with Crippen LogP contribution in [-0.4, -0.2) is 50.2 Å². The lowest BCUT2D eigenvalue weighted by Gasteiger charge is -2.19. The molecular formula is C22H22N2O6S2. The molecule has 0 saturated carbocycles. The second-order valence-corrected chi connectivity index (χ2v) is 8.80. The van der Waals surface area contributed by atoms with E-state index in [4.69, 9.17) is 5.73 Å². The number of hydrogen-bond donors (Lipinski definition) is 3. The highest BCUT2D eigenvalue weighted by Crippen LogP contribution is 2.24. The summed E-state index contributed by atoms with van der Waals surface area (Å²) in [6.45, 7) is 0. The summed E-state index contributed by atoms with van der Waals surface area (Å²) in [5, 5.41) is 10.00. The number of carbonyl (C=O) groups is 5. The van der Waals surface area contributed by atoms with Crippen LogP contribution >= 0.6 is 23.5 Å². The normalized spacial score (nSPS) is 12.4. The van der Waals surface area contributed by atoms with Crippen LogP contribution in [0, 0.1) is 0 Å². The van der Waals surface area contributed by atoms with Crippen molar-refractivity contribution in [3.63, 3.8) is 0 Å². The first-order valence-electron chi connectivity index (χ1n) is 9.57. The lowest BCUT2D eigenvalue weighted by Crippen LogP contribution is -2.46. The first kappa shape index (κ1) is 25.2. The van der Waals surface area contributed by atoms with Gasteiger partial charge in [-0.25, -0.2) is 4.79 Å². The highest BCUT2D eigenvalue weighted by atomic mass is 32.2. The van der Waals surface area contributed by atoms with Crippen LogP contribution in [0.15, 0.2) is 60.7 Å². The average molecular weight is 475 g/mol. The van der Waals surface area contributed by atoms with E-state index in [0.717, 1.165) is 11.8 Å². The molecule has 4 N–H and O–H groups in total. The van der Waals surface area contributed by atoms with Crippen LogP contribution in [0.3, 0.4) is 0 Å². The van der Waals surface area contributed by atoms with Crippen LogP contribution in [0.25, 0.3) is 0 Å². The molecule has 0 radical (unpaired) electrons. The molecule has 0 aliphatic carbocycles. The van der Waals surface area contributed by atoms with Gasteiger partial charge < -0.3 is 16.2 Å². The molecular weight excluding hydrogens is 452 g/mol. The highest BCUT2D eigenvalue weighted by Gasteiger charge is 2.29. The largest absolute Gasteiger partial charge is 0.480 e. The van der Waals surface area contributed by atoms with E-state index in [-0.39, 0.29) is 28.8 Å². The SMILES string of the molecule is NC(=O)CCC(NC(=O)C(CSC(=O)c1ccccc1)SC(=O)c1ccccc1)C(=O)O. The first-order valence-corrected chi connectivity index (χ1v) is 11.4. The molecule has 0 spiro atoms. The predicted octanol–water partition coefficient (Wildman–Crippen LogP) is 2.34. The number of carboxylic acid groups (broad SMARTS) is 1. The van der Waals surface area contributed by atoms with Gasteiger partial charge >= 0.3 is 5.97 Å². The van der Waals surface area contributed by atoms with E-state index >= 15 is 0 Å². The molecule has 8 nitrogen and oxygen atoms in total. The molecule has 2 aromatic rings. The predicted molar refractivity (Wildman–Crippen MR) is 123 cm³/mol. The van der Waals surface area contributed by atoms with Crippen LogP contribution in [0.1, 0.15) is 33.6 Å². The number of rotatable bonds is 11. The molecule has 10 heteroatoms. The summed E-state index contributed by atoms with van der Waals surface area (Å²) in [5.41, 5.74) is 5.88. The van der Waals surface area contributed by atoms with Gasteiger partial charge in [0.1, 0.15) is 11.3 Å².